The summed E-state index contributed by atoms with van der Waals surface area (Å²) in [5.74, 6) is 0.992. The zero-order valence-electron chi connectivity index (χ0n) is 18.1. The lowest BCUT2D eigenvalue weighted by Gasteiger charge is -2.13. The first-order chi connectivity index (χ1) is 16.0. The van der Waals surface area contributed by atoms with Gasteiger partial charge in [-0.25, -0.2) is 5.43 Å². The second-order valence-electron chi connectivity index (χ2n) is 6.93. The summed E-state index contributed by atoms with van der Waals surface area (Å²) in [7, 11) is 1.55. The monoisotopic (exact) mass is 449 g/mol. The predicted octanol–water partition coefficient (Wildman–Crippen LogP) is 4.10. The second kappa shape index (κ2) is 11.3. The summed E-state index contributed by atoms with van der Waals surface area (Å²) in [6, 6.07) is 20.6. The molecule has 9 heteroatoms. The van der Waals surface area contributed by atoms with Crippen LogP contribution in [0.5, 0.6) is 17.2 Å². The largest absolute Gasteiger partial charge is 0.493 e. The summed E-state index contributed by atoms with van der Waals surface area (Å²) in [6.07, 6.45) is 0.617. The van der Waals surface area contributed by atoms with Crippen molar-refractivity contribution in [3.8, 4) is 17.2 Å². The van der Waals surface area contributed by atoms with Crippen LogP contribution in [-0.2, 0) is 11.4 Å². The molecule has 0 aromatic heterocycles. The third kappa shape index (κ3) is 6.79. The number of hydrogen-bond donors (Lipinski definition) is 1. The molecule has 33 heavy (non-hydrogen) atoms. The Morgan fingerprint density at radius 1 is 1.09 bits per heavy atom. The highest BCUT2D eigenvalue weighted by atomic mass is 16.6. The fraction of sp³-hybridized carbons (Fsp3) is 0.167. The van der Waals surface area contributed by atoms with E-state index in [4.69, 9.17) is 14.2 Å². The Hall–Kier alpha value is -4.40. The molecule has 0 heterocycles. The highest BCUT2D eigenvalue weighted by Gasteiger charge is 2.15. The molecule has 170 valence electrons. The number of amides is 1. The number of nitro groups is 1. The van der Waals surface area contributed by atoms with Crippen LogP contribution in [0.25, 0.3) is 0 Å². The van der Waals surface area contributed by atoms with Gasteiger partial charge in [0.1, 0.15) is 12.4 Å². The van der Waals surface area contributed by atoms with E-state index in [0.717, 1.165) is 5.56 Å². The second-order valence-corrected chi connectivity index (χ2v) is 6.93. The molecule has 0 fully saturated rings. The van der Waals surface area contributed by atoms with Gasteiger partial charge in [-0.15, -0.1) is 0 Å². The van der Waals surface area contributed by atoms with Gasteiger partial charge in [0, 0.05) is 12.1 Å². The van der Waals surface area contributed by atoms with Crippen LogP contribution in [0, 0.1) is 10.1 Å². The first-order valence-corrected chi connectivity index (χ1v) is 10.0. The molecule has 3 aromatic rings. The molecule has 0 aliphatic heterocycles. The third-order valence-electron chi connectivity index (χ3n) is 4.54. The van der Waals surface area contributed by atoms with Gasteiger partial charge in [0.15, 0.2) is 17.6 Å². The maximum absolute atomic E-state index is 12.2. The lowest BCUT2D eigenvalue weighted by molar-refractivity contribution is -0.384. The van der Waals surface area contributed by atoms with Crippen LogP contribution in [0.2, 0.25) is 0 Å². The number of nitrogens with zero attached hydrogens (tertiary/aromatic N) is 2. The molecule has 0 aliphatic rings. The minimum Gasteiger partial charge on any atom is -0.493 e. The average molecular weight is 449 g/mol. The van der Waals surface area contributed by atoms with Gasteiger partial charge in [-0.3, -0.25) is 14.9 Å². The topological polar surface area (TPSA) is 112 Å². The number of carbonyl (C=O) groups is 1. The number of hydrogen-bond acceptors (Lipinski definition) is 7. The van der Waals surface area contributed by atoms with Gasteiger partial charge in [0.05, 0.1) is 18.2 Å². The van der Waals surface area contributed by atoms with Crippen molar-refractivity contribution in [2.45, 2.75) is 19.6 Å². The Kier molecular flexibility index (Phi) is 7.96. The predicted molar refractivity (Wildman–Crippen MR) is 123 cm³/mol. The Bertz CT molecular complexity index is 1120. The molecular formula is C24H23N3O6. The first-order valence-electron chi connectivity index (χ1n) is 10.0. The van der Waals surface area contributed by atoms with Crippen molar-refractivity contribution in [2.24, 2.45) is 5.10 Å². The average Bonchev–Trinajstić information content (AvgIpc) is 2.83. The number of benzene rings is 3. The summed E-state index contributed by atoms with van der Waals surface area (Å²) >= 11 is 0. The van der Waals surface area contributed by atoms with E-state index in [1.807, 2.05) is 30.3 Å². The highest BCUT2D eigenvalue weighted by Crippen LogP contribution is 2.28. The Morgan fingerprint density at radius 3 is 2.48 bits per heavy atom. The van der Waals surface area contributed by atoms with Gasteiger partial charge in [0.25, 0.3) is 11.6 Å². The minimum atomic E-state index is -0.855. The lowest BCUT2D eigenvalue weighted by Crippen LogP contribution is -2.33. The van der Waals surface area contributed by atoms with Gasteiger partial charge in [0.2, 0.25) is 0 Å². The van der Waals surface area contributed by atoms with Gasteiger partial charge < -0.3 is 14.2 Å². The number of methoxy groups -OCH3 is 1. The Labute approximate surface area is 190 Å². The molecule has 0 spiro atoms. The molecule has 0 unspecified atom stereocenters. The van der Waals surface area contributed by atoms with Crippen LogP contribution in [-0.4, -0.2) is 30.3 Å². The van der Waals surface area contributed by atoms with Crippen molar-refractivity contribution < 1.29 is 23.9 Å². The van der Waals surface area contributed by atoms with Gasteiger partial charge in [-0.2, -0.15) is 5.10 Å². The fourth-order valence-corrected chi connectivity index (χ4v) is 2.78. The molecule has 0 aliphatic carbocycles. The van der Waals surface area contributed by atoms with Crippen LogP contribution in [0.3, 0.4) is 0 Å². The zero-order chi connectivity index (χ0) is 23.6. The summed E-state index contributed by atoms with van der Waals surface area (Å²) in [5, 5.41) is 14.6. The molecule has 9 nitrogen and oxygen atoms in total. The number of nitro benzene ring substituents is 1. The molecule has 1 atom stereocenters. The smallest absolute Gasteiger partial charge is 0.280 e. The zero-order valence-corrected chi connectivity index (χ0v) is 18.1. The van der Waals surface area contributed by atoms with E-state index >= 15 is 0 Å². The number of carbonyl (C=O) groups excluding carboxylic acids is 1. The molecule has 0 saturated heterocycles. The van der Waals surface area contributed by atoms with E-state index in [2.05, 4.69) is 10.5 Å². The molecular weight excluding hydrogens is 426 g/mol. The maximum Gasteiger partial charge on any atom is 0.280 e. The van der Waals surface area contributed by atoms with Crippen molar-refractivity contribution >= 4 is 17.8 Å². The van der Waals surface area contributed by atoms with Crippen molar-refractivity contribution in [1.82, 2.24) is 5.43 Å². The van der Waals surface area contributed by atoms with Crippen LogP contribution in [0.1, 0.15) is 18.1 Å². The van der Waals surface area contributed by atoms with Gasteiger partial charge in [-0.1, -0.05) is 30.3 Å². The minimum absolute atomic E-state index is 0.0593. The van der Waals surface area contributed by atoms with Crippen LogP contribution >= 0.6 is 0 Å². The maximum atomic E-state index is 12.2. The van der Waals surface area contributed by atoms with Gasteiger partial charge in [-0.05, 0) is 48.4 Å². The lowest BCUT2D eigenvalue weighted by atomic mass is 10.2. The molecule has 1 amide bonds. The molecule has 0 bridgehead atoms. The molecule has 3 rings (SSSR count). The van der Waals surface area contributed by atoms with Crippen LogP contribution < -0.4 is 19.6 Å². The van der Waals surface area contributed by atoms with E-state index in [-0.39, 0.29) is 5.69 Å². The van der Waals surface area contributed by atoms with Crippen LogP contribution in [0.15, 0.2) is 77.9 Å². The summed E-state index contributed by atoms with van der Waals surface area (Å²) in [5.41, 5.74) is 4.08. The molecule has 3 aromatic carbocycles. The van der Waals surface area contributed by atoms with E-state index < -0.39 is 16.9 Å². The highest BCUT2D eigenvalue weighted by molar-refractivity contribution is 5.84. The fourth-order valence-electron chi connectivity index (χ4n) is 2.78. The van der Waals surface area contributed by atoms with E-state index in [1.54, 1.807) is 32.2 Å². The van der Waals surface area contributed by atoms with Crippen molar-refractivity contribution in [3.63, 3.8) is 0 Å². The number of rotatable bonds is 10. The first kappa shape index (κ1) is 23.3. The number of non-ortho nitro benzene ring substituents is 1. The standard InChI is InChI=1S/C24H23N3O6/c1-17(33-21-11-9-20(10-12-21)27(29)30)24(28)26-25-15-19-8-13-22(23(14-19)31-2)32-16-18-6-4-3-5-7-18/h3-15,17H,16H2,1-2H3,(H,26,28)/b25-15-/t17-/m1/s1. The molecule has 0 radical (unpaired) electrons. The number of nitrogens with one attached hydrogen (secondary N) is 1. The summed E-state index contributed by atoms with van der Waals surface area (Å²) < 4.78 is 16.7. The third-order valence-corrected chi connectivity index (χ3v) is 4.54. The Balaban J connectivity index is 1.54. The quantitative estimate of drug-likeness (QED) is 0.283. The van der Waals surface area contributed by atoms with E-state index in [9.17, 15) is 14.9 Å². The normalized spacial score (nSPS) is 11.6. The van der Waals surface area contributed by atoms with Crippen molar-refractivity contribution in [1.29, 1.82) is 0 Å². The van der Waals surface area contributed by atoms with Crippen molar-refractivity contribution in [3.05, 3.63) is 94.0 Å². The molecule has 1 N–H and O–H groups in total. The summed E-state index contributed by atoms with van der Waals surface area (Å²) in [6.45, 7) is 1.96. The SMILES string of the molecule is COc1cc(/C=N\NC(=O)[C@@H](C)Oc2ccc([N+](=O)[O-])cc2)ccc1OCc1ccccc1. The van der Waals surface area contributed by atoms with Crippen LogP contribution in [0.4, 0.5) is 5.69 Å². The van der Waals surface area contributed by atoms with E-state index in [1.165, 1.54) is 30.5 Å². The van der Waals surface area contributed by atoms with E-state index in [0.29, 0.717) is 29.4 Å². The number of ether oxygens (including phenoxy) is 3. The van der Waals surface area contributed by atoms with Gasteiger partial charge >= 0.3 is 0 Å². The summed E-state index contributed by atoms with van der Waals surface area (Å²) in [4.78, 5) is 22.4. The molecule has 0 saturated carbocycles. The number of hydrazone groups is 1. The van der Waals surface area contributed by atoms with Crippen molar-refractivity contribution in [2.75, 3.05) is 7.11 Å². The Morgan fingerprint density at radius 2 is 1.82 bits per heavy atom.